The fraction of sp³-hybridized carbons (Fsp3) is 0.257. The van der Waals surface area contributed by atoms with Crippen molar-refractivity contribution in [2.45, 2.75) is 44.7 Å². The smallest absolute Gasteiger partial charge is 0.150 e. The Morgan fingerprint density at radius 2 is 0.925 bits per heavy atom. The molecule has 0 amide bonds. The van der Waals surface area contributed by atoms with Gasteiger partial charge in [-0.2, -0.15) is 0 Å². The Labute approximate surface area is 236 Å². The third kappa shape index (κ3) is 8.38. The van der Waals surface area contributed by atoms with Crippen molar-refractivity contribution in [1.82, 2.24) is 0 Å². The molecule has 0 saturated heterocycles. The molecule has 5 nitrogen and oxygen atoms in total. The molecular weight excluding hydrogens is 500 g/mol. The van der Waals surface area contributed by atoms with Crippen molar-refractivity contribution in [3.05, 3.63) is 155 Å². The molecule has 206 valence electrons. The molecule has 0 saturated carbocycles. The SMILES string of the molecule is C1=C(COCc2ccccc2)[C@@H](OCc2ccccc2)[C@H](OCc2ccccc2)[C@@H](COCc2ccccc2)O1. The molecule has 0 radical (unpaired) electrons. The summed E-state index contributed by atoms with van der Waals surface area (Å²) < 4.78 is 31.6. The number of rotatable bonds is 14. The van der Waals surface area contributed by atoms with Crippen molar-refractivity contribution in [2.75, 3.05) is 13.2 Å². The molecule has 1 aliphatic rings. The van der Waals surface area contributed by atoms with Crippen molar-refractivity contribution in [1.29, 1.82) is 0 Å². The Bertz CT molecular complexity index is 1280. The Balaban J connectivity index is 1.32. The number of benzene rings is 4. The lowest BCUT2D eigenvalue weighted by molar-refractivity contribution is -0.154. The Kier molecular flexibility index (Phi) is 10.5. The van der Waals surface area contributed by atoms with Crippen LogP contribution in [-0.2, 0) is 50.1 Å². The summed E-state index contributed by atoms with van der Waals surface area (Å²) in [5, 5.41) is 0. The van der Waals surface area contributed by atoms with Crippen LogP contribution in [0.3, 0.4) is 0 Å². The number of hydrogen-bond acceptors (Lipinski definition) is 5. The van der Waals surface area contributed by atoms with Crippen LogP contribution in [0.25, 0.3) is 0 Å². The Hall–Kier alpha value is -3.74. The summed E-state index contributed by atoms with van der Waals surface area (Å²) in [7, 11) is 0. The molecule has 3 atom stereocenters. The normalized spacial score (nSPS) is 18.6. The zero-order valence-corrected chi connectivity index (χ0v) is 22.6. The molecule has 1 heterocycles. The van der Waals surface area contributed by atoms with Crippen LogP contribution in [0, 0.1) is 0 Å². The molecule has 40 heavy (non-hydrogen) atoms. The molecule has 0 aromatic heterocycles. The van der Waals surface area contributed by atoms with Crippen molar-refractivity contribution in [2.24, 2.45) is 0 Å². The van der Waals surface area contributed by atoms with E-state index in [4.69, 9.17) is 23.7 Å². The first-order chi connectivity index (χ1) is 19.8. The standard InChI is InChI=1S/C35H36O5/c1-5-13-28(14-6-1)21-36-25-32-26-38-33(27-37-22-29-15-7-2-8-16-29)35(40-24-31-19-11-4-12-20-31)34(32)39-23-30-17-9-3-10-18-30/h1-20,26,33-35H,21-25,27H2/t33-,34-,35-/m1/s1. The fourth-order valence-electron chi connectivity index (χ4n) is 4.63. The molecule has 0 bridgehead atoms. The van der Waals surface area contributed by atoms with Crippen LogP contribution in [-0.4, -0.2) is 31.5 Å². The number of hydrogen-bond donors (Lipinski definition) is 0. The minimum atomic E-state index is -0.389. The third-order valence-electron chi connectivity index (χ3n) is 6.76. The van der Waals surface area contributed by atoms with E-state index < -0.39 is 0 Å². The van der Waals surface area contributed by atoms with Gasteiger partial charge in [-0.1, -0.05) is 121 Å². The van der Waals surface area contributed by atoms with E-state index in [1.807, 2.05) is 72.8 Å². The van der Waals surface area contributed by atoms with Crippen molar-refractivity contribution < 1.29 is 23.7 Å². The predicted molar refractivity (Wildman–Crippen MR) is 155 cm³/mol. The summed E-state index contributed by atoms with van der Waals surface area (Å²) in [6.45, 7) is 2.63. The summed E-state index contributed by atoms with van der Waals surface area (Å²) in [6.07, 6.45) is 0.685. The van der Waals surface area contributed by atoms with E-state index in [9.17, 15) is 0 Å². The van der Waals surface area contributed by atoms with Gasteiger partial charge in [0.15, 0.2) is 0 Å². The quantitative estimate of drug-likeness (QED) is 0.176. The van der Waals surface area contributed by atoms with Gasteiger partial charge >= 0.3 is 0 Å². The lowest BCUT2D eigenvalue weighted by atomic mass is 9.98. The van der Waals surface area contributed by atoms with E-state index in [0.29, 0.717) is 39.6 Å². The van der Waals surface area contributed by atoms with Crippen molar-refractivity contribution in [3.63, 3.8) is 0 Å². The van der Waals surface area contributed by atoms with Crippen LogP contribution >= 0.6 is 0 Å². The highest BCUT2D eigenvalue weighted by Gasteiger charge is 2.39. The summed E-state index contributed by atoms with van der Waals surface area (Å²) in [6, 6.07) is 40.6. The second kappa shape index (κ2) is 15.2. The van der Waals surface area contributed by atoms with Crippen LogP contribution in [0.15, 0.2) is 133 Å². The van der Waals surface area contributed by atoms with Gasteiger partial charge in [-0.15, -0.1) is 0 Å². The van der Waals surface area contributed by atoms with Gasteiger partial charge in [0.2, 0.25) is 0 Å². The molecule has 5 heteroatoms. The van der Waals surface area contributed by atoms with E-state index in [1.165, 1.54) is 0 Å². The van der Waals surface area contributed by atoms with E-state index in [-0.39, 0.29) is 18.3 Å². The Morgan fingerprint density at radius 1 is 0.475 bits per heavy atom. The molecule has 0 fully saturated rings. The molecule has 5 rings (SSSR count). The second-order valence-corrected chi connectivity index (χ2v) is 9.82. The first kappa shape index (κ1) is 27.8. The van der Waals surface area contributed by atoms with Gasteiger partial charge in [-0.05, 0) is 22.3 Å². The maximum absolute atomic E-state index is 6.57. The predicted octanol–water partition coefficient (Wildman–Crippen LogP) is 6.87. The second-order valence-electron chi connectivity index (χ2n) is 9.82. The van der Waals surface area contributed by atoms with E-state index in [1.54, 1.807) is 6.26 Å². The lowest BCUT2D eigenvalue weighted by Crippen LogP contribution is -2.48. The highest BCUT2D eigenvalue weighted by atomic mass is 16.6. The topological polar surface area (TPSA) is 46.2 Å². The van der Waals surface area contributed by atoms with Gasteiger partial charge in [0, 0.05) is 5.57 Å². The average molecular weight is 537 g/mol. The third-order valence-corrected chi connectivity index (χ3v) is 6.76. The highest BCUT2D eigenvalue weighted by Crippen LogP contribution is 2.28. The van der Waals surface area contributed by atoms with Crippen molar-refractivity contribution in [3.8, 4) is 0 Å². The molecule has 0 unspecified atom stereocenters. The molecule has 1 aliphatic heterocycles. The fourth-order valence-corrected chi connectivity index (χ4v) is 4.63. The molecule has 0 aliphatic carbocycles. The lowest BCUT2D eigenvalue weighted by Gasteiger charge is -2.38. The monoisotopic (exact) mass is 536 g/mol. The maximum Gasteiger partial charge on any atom is 0.150 e. The van der Waals surface area contributed by atoms with Gasteiger partial charge in [-0.3, -0.25) is 0 Å². The summed E-state index contributed by atoms with van der Waals surface area (Å²) in [5.74, 6) is 0. The first-order valence-electron chi connectivity index (χ1n) is 13.7. The molecule has 4 aromatic rings. The highest BCUT2D eigenvalue weighted by molar-refractivity contribution is 5.19. The van der Waals surface area contributed by atoms with Crippen LogP contribution in [0.1, 0.15) is 22.3 Å². The van der Waals surface area contributed by atoms with Crippen molar-refractivity contribution >= 4 is 0 Å². The van der Waals surface area contributed by atoms with Gasteiger partial charge in [-0.25, -0.2) is 0 Å². The minimum Gasteiger partial charge on any atom is -0.493 e. The van der Waals surface area contributed by atoms with Crippen LogP contribution in [0.5, 0.6) is 0 Å². The molecular formula is C35H36O5. The molecule has 4 aromatic carbocycles. The van der Waals surface area contributed by atoms with Gasteiger partial charge < -0.3 is 23.7 Å². The zero-order valence-electron chi connectivity index (χ0n) is 22.6. The van der Waals surface area contributed by atoms with Crippen LogP contribution in [0.2, 0.25) is 0 Å². The van der Waals surface area contributed by atoms with E-state index >= 15 is 0 Å². The summed E-state index contributed by atoms with van der Waals surface area (Å²) >= 11 is 0. The van der Waals surface area contributed by atoms with E-state index in [2.05, 4.69) is 48.5 Å². The zero-order chi connectivity index (χ0) is 27.2. The largest absolute Gasteiger partial charge is 0.493 e. The maximum atomic E-state index is 6.57. The van der Waals surface area contributed by atoms with Crippen LogP contribution < -0.4 is 0 Å². The summed E-state index contributed by atoms with van der Waals surface area (Å²) in [4.78, 5) is 0. The Morgan fingerprint density at radius 3 is 1.45 bits per heavy atom. The van der Waals surface area contributed by atoms with Crippen LogP contribution in [0.4, 0.5) is 0 Å². The van der Waals surface area contributed by atoms with Gasteiger partial charge in [0.1, 0.15) is 18.3 Å². The minimum absolute atomic E-state index is 0.342. The molecule has 0 N–H and O–H groups in total. The first-order valence-corrected chi connectivity index (χ1v) is 13.7. The van der Waals surface area contributed by atoms with E-state index in [0.717, 1.165) is 27.8 Å². The average Bonchev–Trinajstić information content (AvgIpc) is 3.02. The van der Waals surface area contributed by atoms with Gasteiger partial charge in [0.25, 0.3) is 0 Å². The van der Waals surface area contributed by atoms with Gasteiger partial charge in [0.05, 0.1) is 45.9 Å². The number of ether oxygens (including phenoxy) is 5. The summed E-state index contributed by atoms with van der Waals surface area (Å²) in [5.41, 5.74) is 5.32. The molecule has 0 spiro atoms.